The number of pyridine rings is 2. The predicted molar refractivity (Wildman–Crippen MR) is 60.8 cm³/mol. The lowest BCUT2D eigenvalue weighted by molar-refractivity contribution is 0.579. The van der Waals surface area contributed by atoms with E-state index in [4.69, 9.17) is 4.42 Å². The topological polar surface area (TPSA) is 64.7 Å². The van der Waals surface area contributed by atoms with Gasteiger partial charge in [-0.1, -0.05) is 12.1 Å². The molecule has 0 bridgehead atoms. The Morgan fingerprint density at radius 1 is 0.706 bits per heavy atom. The molecule has 3 rings (SSSR count). The number of rotatable bonds is 2. The molecule has 3 heterocycles. The Morgan fingerprint density at radius 2 is 1.24 bits per heavy atom. The van der Waals surface area contributed by atoms with Crippen LogP contribution in [0.2, 0.25) is 0 Å². The molecule has 17 heavy (non-hydrogen) atoms. The first-order valence-electron chi connectivity index (χ1n) is 5.10. The average Bonchev–Trinajstić information content (AvgIpc) is 2.90. The molecule has 0 saturated carbocycles. The van der Waals surface area contributed by atoms with Gasteiger partial charge < -0.3 is 4.42 Å². The molecule has 5 nitrogen and oxygen atoms in total. The molecule has 0 amide bonds. The number of hydrogen-bond acceptors (Lipinski definition) is 5. The molecule has 0 radical (unpaired) electrons. The summed E-state index contributed by atoms with van der Waals surface area (Å²) in [6.45, 7) is 0. The van der Waals surface area contributed by atoms with Gasteiger partial charge in [0, 0.05) is 12.4 Å². The van der Waals surface area contributed by atoms with Crippen molar-refractivity contribution < 1.29 is 4.42 Å². The Labute approximate surface area is 97.2 Å². The van der Waals surface area contributed by atoms with E-state index >= 15 is 0 Å². The molecule has 0 spiro atoms. The van der Waals surface area contributed by atoms with Gasteiger partial charge in [-0.05, 0) is 24.3 Å². The molecule has 0 aliphatic heterocycles. The van der Waals surface area contributed by atoms with E-state index in [1.165, 1.54) is 0 Å². The minimum Gasteiger partial charge on any atom is -0.413 e. The van der Waals surface area contributed by atoms with Gasteiger partial charge in [-0.3, -0.25) is 9.97 Å². The van der Waals surface area contributed by atoms with Crippen molar-refractivity contribution in [2.24, 2.45) is 0 Å². The van der Waals surface area contributed by atoms with Crippen LogP contribution in [0.5, 0.6) is 0 Å². The molecule has 0 fully saturated rings. The minimum absolute atomic E-state index is 0.395. The highest BCUT2D eigenvalue weighted by Crippen LogP contribution is 2.20. The molecule has 0 saturated heterocycles. The Morgan fingerprint density at radius 3 is 1.65 bits per heavy atom. The lowest BCUT2D eigenvalue weighted by Gasteiger charge is -1.92. The van der Waals surface area contributed by atoms with Crippen molar-refractivity contribution in [3.05, 3.63) is 48.8 Å². The highest BCUT2D eigenvalue weighted by molar-refractivity contribution is 5.51. The molecule has 0 unspecified atom stereocenters. The molecule has 0 aromatic carbocycles. The van der Waals surface area contributed by atoms with Crippen LogP contribution in [0.1, 0.15) is 0 Å². The molecule has 82 valence electrons. The Balaban J connectivity index is 1.99. The van der Waals surface area contributed by atoms with Gasteiger partial charge in [-0.2, -0.15) is 0 Å². The van der Waals surface area contributed by atoms with Crippen LogP contribution in [0, 0.1) is 0 Å². The van der Waals surface area contributed by atoms with Crippen molar-refractivity contribution >= 4 is 0 Å². The van der Waals surface area contributed by atoms with Crippen LogP contribution in [-0.4, -0.2) is 20.2 Å². The zero-order valence-corrected chi connectivity index (χ0v) is 8.82. The molecule has 0 aliphatic carbocycles. The summed E-state index contributed by atoms with van der Waals surface area (Å²) in [4.78, 5) is 8.28. The first-order chi connectivity index (χ1) is 8.43. The first kappa shape index (κ1) is 9.65. The molecule has 5 heteroatoms. The molecular formula is C12H8N4O. The summed E-state index contributed by atoms with van der Waals surface area (Å²) in [6.07, 6.45) is 3.36. The Kier molecular flexibility index (Phi) is 2.34. The summed E-state index contributed by atoms with van der Waals surface area (Å²) in [5, 5.41) is 7.89. The molecular weight excluding hydrogens is 216 g/mol. The summed E-state index contributed by atoms with van der Waals surface area (Å²) in [5.74, 6) is 0.789. The van der Waals surface area contributed by atoms with Crippen LogP contribution in [0.15, 0.2) is 53.2 Å². The summed E-state index contributed by atoms with van der Waals surface area (Å²) >= 11 is 0. The van der Waals surface area contributed by atoms with Crippen molar-refractivity contribution in [2.45, 2.75) is 0 Å². The normalized spacial score (nSPS) is 10.4. The third-order valence-corrected chi connectivity index (χ3v) is 2.19. The number of aromatic nitrogens is 4. The van der Waals surface area contributed by atoms with E-state index < -0.39 is 0 Å². The lowest BCUT2D eigenvalue weighted by atomic mass is 10.3. The fourth-order valence-corrected chi connectivity index (χ4v) is 1.41. The highest BCUT2D eigenvalue weighted by atomic mass is 16.4. The third kappa shape index (κ3) is 1.90. The molecule has 3 aromatic heterocycles. The van der Waals surface area contributed by atoms with Crippen molar-refractivity contribution in [1.29, 1.82) is 0 Å². The fourth-order valence-electron chi connectivity index (χ4n) is 1.41. The summed E-state index contributed by atoms with van der Waals surface area (Å²) < 4.78 is 5.51. The zero-order chi connectivity index (χ0) is 11.5. The smallest absolute Gasteiger partial charge is 0.266 e. The standard InChI is InChI=1S/C12H8N4O/c1-3-7-13-9(5-1)11-15-16-12(17-11)10-6-2-4-8-14-10/h1-8H. The van der Waals surface area contributed by atoms with Crippen LogP contribution in [0.4, 0.5) is 0 Å². The van der Waals surface area contributed by atoms with E-state index in [1.807, 2.05) is 36.4 Å². The first-order valence-corrected chi connectivity index (χ1v) is 5.10. The van der Waals surface area contributed by atoms with Gasteiger partial charge in [0.25, 0.3) is 11.8 Å². The Hall–Kier alpha value is -2.56. The van der Waals surface area contributed by atoms with Gasteiger partial charge in [0.15, 0.2) is 0 Å². The molecule has 0 aliphatic rings. The van der Waals surface area contributed by atoms with E-state index in [2.05, 4.69) is 20.2 Å². The van der Waals surface area contributed by atoms with Gasteiger partial charge in [0.2, 0.25) is 0 Å². The van der Waals surface area contributed by atoms with E-state index in [1.54, 1.807) is 12.4 Å². The van der Waals surface area contributed by atoms with Gasteiger partial charge in [0.1, 0.15) is 11.4 Å². The van der Waals surface area contributed by atoms with Crippen molar-refractivity contribution in [2.75, 3.05) is 0 Å². The fraction of sp³-hybridized carbons (Fsp3) is 0. The quantitative estimate of drug-likeness (QED) is 0.667. The third-order valence-electron chi connectivity index (χ3n) is 2.19. The summed E-state index contributed by atoms with van der Waals surface area (Å²) in [5.41, 5.74) is 1.31. The maximum Gasteiger partial charge on any atom is 0.266 e. The Bertz CT molecular complexity index is 553. The number of hydrogen-bond donors (Lipinski definition) is 0. The monoisotopic (exact) mass is 224 g/mol. The van der Waals surface area contributed by atoms with Crippen molar-refractivity contribution in [3.63, 3.8) is 0 Å². The molecule has 0 atom stereocenters. The maximum atomic E-state index is 5.51. The largest absolute Gasteiger partial charge is 0.413 e. The van der Waals surface area contributed by atoms with Gasteiger partial charge in [0.05, 0.1) is 0 Å². The van der Waals surface area contributed by atoms with Crippen LogP contribution in [0.3, 0.4) is 0 Å². The zero-order valence-electron chi connectivity index (χ0n) is 8.82. The van der Waals surface area contributed by atoms with E-state index in [9.17, 15) is 0 Å². The minimum atomic E-state index is 0.395. The van der Waals surface area contributed by atoms with Crippen molar-refractivity contribution in [3.8, 4) is 23.2 Å². The van der Waals surface area contributed by atoms with Crippen LogP contribution < -0.4 is 0 Å². The molecule has 3 aromatic rings. The van der Waals surface area contributed by atoms with Crippen LogP contribution in [0.25, 0.3) is 23.2 Å². The second-order valence-corrected chi connectivity index (χ2v) is 3.34. The van der Waals surface area contributed by atoms with Crippen molar-refractivity contribution in [1.82, 2.24) is 20.2 Å². The van der Waals surface area contributed by atoms with Crippen LogP contribution >= 0.6 is 0 Å². The summed E-state index contributed by atoms with van der Waals surface area (Å²) in [6, 6.07) is 11.0. The predicted octanol–water partition coefficient (Wildman–Crippen LogP) is 2.19. The second kappa shape index (κ2) is 4.13. The molecule has 0 N–H and O–H groups in total. The maximum absolute atomic E-state index is 5.51. The summed E-state index contributed by atoms with van der Waals surface area (Å²) in [7, 11) is 0. The van der Waals surface area contributed by atoms with Crippen LogP contribution in [-0.2, 0) is 0 Å². The SMILES string of the molecule is c1ccc(-c2nnc(-c3ccccn3)o2)nc1. The van der Waals surface area contributed by atoms with Gasteiger partial charge >= 0.3 is 0 Å². The highest BCUT2D eigenvalue weighted by Gasteiger charge is 2.11. The van der Waals surface area contributed by atoms with Gasteiger partial charge in [-0.15, -0.1) is 10.2 Å². The second-order valence-electron chi connectivity index (χ2n) is 3.34. The van der Waals surface area contributed by atoms with E-state index in [0.29, 0.717) is 23.2 Å². The number of nitrogens with zero attached hydrogens (tertiary/aromatic N) is 4. The van der Waals surface area contributed by atoms with Gasteiger partial charge in [-0.25, -0.2) is 0 Å². The lowest BCUT2D eigenvalue weighted by Crippen LogP contribution is -1.80. The van der Waals surface area contributed by atoms with E-state index in [0.717, 1.165) is 0 Å². The average molecular weight is 224 g/mol. The van der Waals surface area contributed by atoms with E-state index in [-0.39, 0.29) is 0 Å².